The van der Waals surface area contributed by atoms with E-state index in [4.69, 9.17) is 16.3 Å². The van der Waals surface area contributed by atoms with Crippen LogP contribution in [0.25, 0.3) is 0 Å². The van der Waals surface area contributed by atoms with Gasteiger partial charge in [-0.2, -0.15) is 13.2 Å². The summed E-state index contributed by atoms with van der Waals surface area (Å²) >= 11 is 5.87. The molecule has 0 saturated heterocycles. The van der Waals surface area contributed by atoms with Crippen LogP contribution in [0.2, 0.25) is 5.02 Å². The molecule has 2 amide bonds. The quantitative estimate of drug-likeness (QED) is 0.474. The van der Waals surface area contributed by atoms with Crippen molar-refractivity contribution in [3.05, 3.63) is 70.2 Å². The van der Waals surface area contributed by atoms with Gasteiger partial charge < -0.3 is 20.7 Å². The number of carbonyl (C=O) groups excluding carboxylic acids is 3. The Hall–Kier alpha value is -3.11. The molecule has 0 heterocycles. The normalized spacial score (nSPS) is 13.0. The average Bonchev–Trinajstić information content (AvgIpc) is 2.79. The minimum Gasteiger partial charge on any atom is -0.467 e. The predicted molar refractivity (Wildman–Crippen MR) is 116 cm³/mol. The van der Waals surface area contributed by atoms with E-state index in [-0.39, 0.29) is 18.2 Å². The van der Waals surface area contributed by atoms with Crippen LogP contribution in [0.1, 0.15) is 34.5 Å². The average molecular weight is 486 g/mol. The van der Waals surface area contributed by atoms with Crippen molar-refractivity contribution in [3.8, 4) is 0 Å². The summed E-state index contributed by atoms with van der Waals surface area (Å²) < 4.78 is 43.1. The molecular weight excluding hydrogens is 463 g/mol. The van der Waals surface area contributed by atoms with Gasteiger partial charge in [0.05, 0.1) is 19.2 Å². The molecule has 7 nitrogen and oxygen atoms in total. The second-order valence-electron chi connectivity index (χ2n) is 7.09. The van der Waals surface area contributed by atoms with Crippen molar-refractivity contribution in [1.82, 2.24) is 16.0 Å². The molecular formula is C22H23ClF3N3O4. The van der Waals surface area contributed by atoms with Crippen LogP contribution < -0.4 is 16.0 Å². The fraction of sp³-hybridized carbons (Fsp3) is 0.318. The summed E-state index contributed by atoms with van der Waals surface area (Å²) in [5.74, 6) is -2.28. The van der Waals surface area contributed by atoms with E-state index < -0.39 is 42.1 Å². The fourth-order valence-corrected chi connectivity index (χ4v) is 2.97. The first-order valence-corrected chi connectivity index (χ1v) is 10.2. The van der Waals surface area contributed by atoms with Crippen LogP contribution in [0.3, 0.4) is 0 Å². The van der Waals surface area contributed by atoms with Crippen LogP contribution >= 0.6 is 11.6 Å². The molecule has 2 aromatic carbocycles. The maximum absolute atomic E-state index is 12.8. The minimum atomic E-state index is -4.60. The van der Waals surface area contributed by atoms with Crippen molar-refractivity contribution >= 4 is 29.4 Å². The van der Waals surface area contributed by atoms with Gasteiger partial charge in [-0.3, -0.25) is 9.59 Å². The molecule has 0 radical (unpaired) electrons. The van der Waals surface area contributed by atoms with E-state index in [0.717, 1.165) is 17.7 Å². The molecule has 2 atom stereocenters. The molecule has 0 bridgehead atoms. The lowest BCUT2D eigenvalue weighted by atomic mass is 10.1. The Balaban J connectivity index is 1.92. The van der Waals surface area contributed by atoms with Gasteiger partial charge in [0, 0.05) is 23.2 Å². The van der Waals surface area contributed by atoms with E-state index >= 15 is 0 Å². The number of alkyl halides is 3. The Labute approximate surface area is 193 Å². The summed E-state index contributed by atoms with van der Waals surface area (Å²) in [5, 5.41) is 8.35. The van der Waals surface area contributed by atoms with Crippen molar-refractivity contribution in [3.63, 3.8) is 0 Å². The molecule has 33 heavy (non-hydrogen) atoms. The number of rotatable bonds is 9. The molecule has 2 aromatic rings. The molecule has 0 aromatic heterocycles. The van der Waals surface area contributed by atoms with Gasteiger partial charge >= 0.3 is 12.1 Å². The standard InChI is InChI=1S/C22H23ClF3N3O4/c1-13(14-6-8-17(23)9-7-14)27-11-18(21(32)33-2)29-19(30)12-28-20(31)15-4-3-5-16(10-15)22(24,25)26/h3-10,13,18,27H,11-12H2,1-2H3,(H,28,31)(H,29,30)/t13-,18+/m1/s1. The molecule has 11 heteroatoms. The van der Waals surface area contributed by atoms with E-state index in [0.29, 0.717) is 11.1 Å². The fourth-order valence-electron chi connectivity index (χ4n) is 2.84. The van der Waals surface area contributed by atoms with Crippen LogP contribution in [-0.4, -0.2) is 44.0 Å². The Morgan fingerprint density at radius 1 is 1.09 bits per heavy atom. The van der Waals surface area contributed by atoms with Gasteiger partial charge in [-0.05, 0) is 42.8 Å². The van der Waals surface area contributed by atoms with Gasteiger partial charge in [0.15, 0.2) is 0 Å². The van der Waals surface area contributed by atoms with Crippen LogP contribution in [0.4, 0.5) is 13.2 Å². The molecule has 0 unspecified atom stereocenters. The van der Waals surface area contributed by atoms with Gasteiger partial charge in [-0.25, -0.2) is 4.79 Å². The lowest BCUT2D eigenvalue weighted by molar-refractivity contribution is -0.144. The Morgan fingerprint density at radius 2 is 1.76 bits per heavy atom. The van der Waals surface area contributed by atoms with Crippen molar-refractivity contribution in [2.45, 2.75) is 25.2 Å². The number of carbonyl (C=O) groups is 3. The van der Waals surface area contributed by atoms with Crippen LogP contribution in [0.15, 0.2) is 48.5 Å². The van der Waals surface area contributed by atoms with E-state index in [1.54, 1.807) is 12.1 Å². The number of nitrogens with one attached hydrogen (secondary N) is 3. The highest BCUT2D eigenvalue weighted by molar-refractivity contribution is 6.30. The van der Waals surface area contributed by atoms with E-state index in [2.05, 4.69) is 16.0 Å². The molecule has 0 fully saturated rings. The predicted octanol–water partition coefficient (Wildman–Crippen LogP) is 3.10. The number of benzene rings is 2. The van der Waals surface area contributed by atoms with E-state index in [1.807, 2.05) is 19.1 Å². The van der Waals surface area contributed by atoms with E-state index in [1.165, 1.54) is 13.2 Å². The SMILES string of the molecule is COC(=O)[C@H](CN[C@H](C)c1ccc(Cl)cc1)NC(=O)CNC(=O)c1cccc(C(F)(F)F)c1. The smallest absolute Gasteiger partial charge is 0.416 e. The van der Waals surface area contributed by atoms with E-state index in [9.17, 15) is 27.6 Å². The monoisotopic (exact) mass is 485 g/mol. The summed E-state index contributed by atoms with van der Waals surface area (Å²) in [4.78, 5) is 36.4. The Morgan fingerprint density at radius 3 is 2.36 bits per heavy atom. The minimum absolute atomic E-state index is 0.0315. The zero-order valence-electron chi connectivity index (χ0n) is 17.8. The molecule has 3 N–H and O–H groups in total. The second-order valence-corrected chi connectivity index (χ2v) is 7.52. The molecule has 0 saturated carbocycles. The van der Waals surface area contributed by atoms with Crippen molar-refractivity contribution in [1.29, 1.82) is 0 Å². The van der Waals surface area contributed by atoms with Gasteiger partial charge in [0.1, 0.15) is 6.04 Å². The number of amides is 2. The Bertz CT molecular complexity index is 984. The van der Waals surface area contributed by atoms with Crippen molar-refractivity contribution in [2.75, 3.05) is 20.2 Å². The molecule has 0 aliphatic rings. The van der Waals surface area contributed by atoms with Crippen LogP contribution in [0, 0.1) is 0 Å². The maximum Gasteiger partial charge on any atom is 0.416 e. The highest BCUT2D eigenvalue weighted by atomic mass is 35.5. The molecule has 0 spiro atoms. The zero-order chi connectivity index (χ0) is 24.6. The third kappa shape index (κ3) is 8.07. The Kier molecular flexibility index (Phi) is 9.24. The summed E-state index contributed by atoms with van der Waals surface area (Å²) in [6.45, 7) is 1.34. The lowest BCUT2D eigenvalue weighted by Gasteiger charge is -2.21. The first kappa shape index (κ1) is 26.1. The van der Waals surface area contributed by atoms with Crippen molar-refractivity contribution < 1.29 is 32.3 Å². The summed E-state index contributed by atoms with van der Waals surface area (Å²) in [6, 6.07) is 9.66. The highest BCUT2D eigenvalue weighted by Crippen LogP contribution is 2.29. The van der Waals surface area contributed by atoms with Gasteiger partial charge in [-0.1, -0.05) is 29.8 Å². The largest absolute Gasteiger partial charge is 0.467 e. The summed E-state index contributed by atoms with van der Waals surface area (Å²) in [7, 11) is 1.17. The lowest BCUT2D eigenvalue weighted by Crippen LogP contribution is -2.50. The highest BCUT2D eigenvalue weighted by Gasteiger charge is 2.31. The van der Waals surface area contributed by atoms with Gasteiger partial charge in [-0.15, -0.1) is 0 Å². The second kappa shape index (κ2) is 11.7. The molecule has 0 aliphatic heterocycles. The molecule has 2 rings (SSSR count). The summed E-state index contributed by atoms with van der Waals surface area (Å²) in [6.07, 6.45) is -4.60. The van der Waals surface area contributed by atoms with Crippen LogP contribution in [0.5, 0.6) is 0 Å². The van der Waals surface area contributed by atoms with Crippen LogP contribution in [-0.2, 0) is 20.5 Å². The zero-order valence-corrected chi connectivity index (χ0v) is 18.6. The number of methoxy groups -OCH3 is 1. The number of hydrogen-bond donors (Lipinski definition) is 3. The number of halogens is 4. The number of ether oxygens (including phenoxy) is 1. The summed E-state index contributed by atoms with van der Waals surface area (Å²) in [5.41, 5.74) is -0.325. The third-order valence-electron chi connectivity index (χ3n) is 4.68. The molecule has 0 aliphatic carbocycles. The first-order chi connectivity index (χ1) is 15.5. The molecule has 178 valence electrons. The van der Waals surface area contributed by atoms with Crippen molar-refractivity contribution in [2.24, 2.45) is 0 Å². The van der Waals surface area contributed by atoms with Gasteiger partial charge in [0.2, 0.25) is 5.91 Å². The topological polar surface area (TPSA) is 96.5 Å². The third-order valence-corrected chi connectivity index (χ3v) is 4.93. The number of esters is 1. The maximum atomic E-state index is 12.8. The van der Waals surface area contributed by atoms with Gasteiger partial charge in [0.25, 0.3) is 5.91 Å². The number of hydrogen-bond acceptors (Lipinski definition) is 5. The first-order valence-electron chi connectivity index (χ1n) is 9.82.